The molecule has 0 saturated carbocycles. The summed E-state index contributed by atoms with van der Waals surface area (Å²) in [5.74, 6) is 0. The molecule has 0 unspecified atom stereocenters. The second-order valence-electron chi connectivity index (χ2n) is 6.74. The molecule has 1 aromatic heterocycles. The lowest BCUT2D eigenvalue weighted by Crippen LogP contribution is -2.19. The highest BCUT2D eigenvalue weighted by Crippen LogP contribution is 2.23. The Hall–Kier alpha value is -3.72. The summed E-state index contributed by atoms with van der Waals surface area (Å²) in [6.45, 7) is 0. The van der Waals surface area contributed by atoms with Gasteiger partial charge in [0.05, 0.1) is 27.3 Å². The van der Waals surface area contributed by atoms with Crippen molar-refractivity contribution in [2.75, 3.05) is 4.72 Å². The number of fused-ring (bicyclic) bond motifs is 1. The molecule has 30 heavy (non-hydrogen) atoms. The van der Waals surface area contributed by atoms with Gasteiger partial charge in [0.2, 0.25) is 0 Å². The van der Waals surface area contributed by atoms with Gasteiger partial charge in [0.25, 0.3) is 10.0 Å². The molecule has 0 bridgehead atoms. The molecular formula is C21H19N5O3S. The highest BCUT2D eigenvalue weighted by molar-refractivity contribution is 7.92. The molecular weight excluding hydrogens is 402 g/mol. The van der Waals surface area contributed by atoms with Crippen LogP contribution in [0.4, 0.5) is 17.1 Å². The molecule has 0 spiro atoms. The first-order chi connectivity index (χ1) is 14.3. The molecule has 0 aliphatic carbocycles. The minimum atomic E-state index is -3.82. The largest absolute Gasteiger partial charge is 0.328 e. The molecule has 0 fully saturated rings. The number of azo groups is 1. The standard InChI is InChI=1S/C21H19N5O3S/c1-25-19-13-12-18(14-20(19)26(2)21(25)27)30(28,29)24-17-10-8-16(9-11-17)23-22-15-6-4-3-5-7-15/h3-14,24H,1-2H3. The fourth-order valence-electron chi connectivity index (χ4n) is 3.07. The molecule has 4 rings (SSSR count). The lowest BCUT2D eigenvalue weighted by molar-refractivity contribution is 0.601. The third-order valence-electron chi connectivity index (χ3n) is 4.71. The van der Waals surface area contributed by atoms with E-state index in [0.717, 1.165) is 5.69 Å². The number of hydrogen-bond donors (Lipinski definition) is 1. The van der Waals surface area contributed by atoms with Crippen LogP contribution in [0.15, 0.2) is 92.7 Å². The highest BCUT2D eigenvalue weighted by Gasteiger charge is 2.17. The van der Waals surface area contributed by atoms with Crippen molar-refractivity contribution in [2.45, 2.75) is 4.90 Å². The zero-order valence-electron chi connectivity index (χ0n) is 16.4. The van der Waals surface area contributed by atoms with Crippen LogP contribution in [0.3, 0.4) is 0 Å². The maximum Gasteiger partial charge on any atom is 0.328 e. The minimum Gasteiger partial charge on any atom is -0.295 e. The van der Waals surface area contributed by atoms with Crippen LogP contribution < -0.4 is 10.4 Å². The third-order valence-corrected chi connectivity index (χ3v) is 6.09. The summed E-state index contributed by atoms with van der Waals surface area (Å²) < 4.78 is 31.0. The van der Waals surface area contributed by atoms with E-state index in [0.29, 0.717) is 22.4 Å². The number of aromatic nitrogens is 2. The average Bonchev–Trinajstić information content (AvgIpc) is 2.97. The predicted octanol–water partition coefficient (Wildman–Crippen LogP) is 4.09. The molecule has 152 valence electrons. The molecule has 0 aliphatic heterocycles. The number of hydrogen-bond acceptors (Lipinski definition) is 5. The van der Waals surface area contributed by atoms with Crippen LogP contribution in [0.25, 0.3) is 11.0 Å². The zero-order chi connectivity index (χ0) is 21.3. The third kappa shape index (κ3) is 3.74. The van der Waals surface area contributed by atoms with Crippen LogP contribution in [0.5, 0.6) is 0 Å². The average molecular weight is 421 g/mol. The van der Waals surface area contributed by atoms with Gasteiger partial charge >= 0.3 is 5.69 Å². The number of aryl methyl sites for hydroxylation is 2. The summed E-state index contributed by atoms with van der Waals surface area (Å²) >= 11 is 0. The minimum absolute atomic E-state index is 0.0732. The van der Waals surface area contributed by atoms with Crippen molar-refractivity contribution in [3.05, 3.63) is 83.3 Å². The predicted molar refractivity (Wildman–Crippen MR) is 116 cm³/mol. The summed E-state index contributed by atoms with van der Waals surface area (Å²) in [6, 6.07) is 20.5. The van der Waals surface area contributed by atoms with E-state index in [4.69, 9.17) is 0 Å². The van der Waals surface area contributed by atoms with Crippen molar-refractivity contribution in [3.63, 3.8) is 0 Å². The Morgan fingerprint density at radius 2 is 1.37 bits per heavy atom. The molecule has 0 atom stereocenters. The van der Waals surface area contributed by atoms with Crippen molar-refractivity contribution in [1.82, 2.24) is 9.13 Å². The molecule has 0 saturated heterocycles. The summed E-state index contributed by atoms with van der Waals surface area (Å²) in [5, 5.41) is 8.27. The van der Waals surface area contributed by atoms with E-state index in [1.165, 1.54) is 21.3 Å². The molecule has 0 aliphatic rings. The summed E-state index contributed by atoms with van der Waals surface area (Å²) in [6.07, 6.45) is 0. The van der Waals surface area contributed by atoms with Crippen LogP contribution >= 0.6 is 0 Å². The van der Waals surface area contributed by atoms with Crippen molar-refractivity contribution in [2.24, 2.45) is 24.3 Å². The van der Waals surface area contributed by atoms with Gasteiger partial charge in [0.15, 0.2) is 0 Å². The van der Waals surface area contributed by atoms with Gasteiger partial charge in [0.1, 0.15) is 0 Å². The molecule has 0 radical (unpaired) electrons. The van der Waals surface area contributed by atoms with Gasteiger partial charge in [-0.3, -0.25) is 13.9 Å². The second-order valence-corrected chi connectivity index (χ2v) is 8.42. The number of anilines is 1. The topological polar surface area (TPSA) is 97.8 Å². The molecule has 0 amide bonds. The van der Waals surface area contributed by atoms with Crippen LogP contribution in [-0.2, 0) is 24.1 Å². The number of imidazole rings is 1. The monoisotopic (exact) mass is 421 g/mol. The van der Waals surface area contributed by atoms with Gasteiger partial charge in [0, 0.05) is 19.8 Å². The summed E-state index contributed by atoms with van der Waals surface area (Å²) in [5.41, 5.74) is 2.72. The Balaban J connectivity index is 1.56. The molecule has 3 aromatic carbocycles. The van der Waals surface area contributed by atoms with E-state index in [-0.39, 0.29) is 10.6 Å². The maximum atomic E-state index is 12.8. The van der Waals surface area contributed by atoms with Gasteiger partial charge < -0.3 is 0 Å². The van der Waals surface area contributed by atoms with Crippen LogP contribution in [-0.4, -0.2) is 17.6 Å². The van der Waals surface area contributed by atoms with E-state index in [9.17, 15) is 13.2 Å². The Morgan fingerprint density at radius 3 is 2.03 bits per heavy atom. The van der Waals surface area contributed by atoms with Gasteiger partial charge in [-0.1, -0.05) is 18.2 Å². The van der Waals surface area contributed by atoms with Crippen molar-refractivity contribution >= 4 is 38.1 Å². The van der Waals surface area contributed by atoms with E-state index in [2.05, 4.69) is 15.0 Å². The van der Waals surface area contributed by atoms with Gasteiger partial charge in [-0.25, -0.2) is 13.2 Å². The molecule has 9 heteroatoms. The smallest absolute Gasteiger partial charge is 0.295 e. The second kappa shape index (κ2) is 7.60. The molecule has 8 nitrogen and oxygen atoms in total. The lowest BCUT2D eigenvalue weighted by atomic mass is 10.3. The SMILES string of the molecule is Cn1c(=O)n(C)c2cc(S(=O)(=O)Nc3ccc(N=Nc4ccccc4)cc3)ccc21. The van der Waals surface area contributed by atoms with Crippen LogP contribution in [0.2, 0.25) is 0 Å². The summed E-state index contributed by atoms with van der Waals surface area (Å²) in [7, 11) is -0.567. The fraction of sp³-hybridized carbons (Fsp3) is 0.0952. The maximum absolute atomic E-state index is 12.8. The Labute approximate surface area is 173 Å². The Bertz CT molecular complexity index is 1400. The lowest BCUT2D eigenvalue weighted by Gasteiger charge is -2.09. The van der Waals surface area contributed by atoms with Crippen LogP contribution in [0.1, 0.15) is 0 Å². The first kappa shape index (κ1) is 19.6. The first-order valence-corrected chi connectivity index (χ1v) is 10.6. The normalized spacial score (nSPS) is 11.9. The van der Waals surface area contributed by atoms with E-state index in [1.54, 1.807) is 44.4 Å². The van der Waals surface area contributed by atoms with Crippen molar-refractivity contribution in [1.29, 1.82) is 0 Å². The molecule has 1 heterocycles. The molecule has 1 N–H and O–H groups in total. The summed E-state index contributed by atoms with van der Waals surface area (Å²) in [4.78, 5) is 12.1. The Kier molecular flexibility index (Phi) is 4.96. The fourth-order valence-corrected chi connectivity index (χ4v) is 4.15. The first-order valence-electron chi connectivity index (χ1n) is 9.10. The van der Waals surface area contributed by atoms with E-state index < -0.39 is 10.0 Å². The highest BCUT2D eigenvalue weighted by atomic mass is 32.2. The number of nitrogens with zero attached hydrogens (tertiary/aromatic N) is 4. The van der Waals surface area contributed by atoms with Crippen LogP contribution in [0, 0.1) is 0 Å². The van der Waals surface area contributed by atoms with E-state index in [1.807, 2.05) is 30.3 Å². The van der Waals surface area contributed by atoms with Gasteiger partial charge in [-0.15, -0.1) is 0 Å². The van der Waals surface area contributed by atoms with E-state index >= 15 is 0 Å². The van der Waals surface area contributed by atoms with Gasteiger partial charge in [-0.05, 0) is 54.6 Å². The number of nitrogens with one attached hydrogen (secondary N) is 1. The zero-order valence-corrected chi connectivity index (χ0v) is 17.2. The molecule has 4 aromatic rings. The van der Waals surface area contributed by atoms with Crippen molar-refractivity contribution in [3.8, 4) is 0 Å². The van der Waals surface area contributed by atoms with Crippen molar-refractivity contribution < 1.29 is 8.42 Å². The number of sulfonamides is 1. The number of rotatable bonds is 5. The number of benzene rings is 3. The Morgan fingerprint density at radius 1 is 0.767 bits per heavy atom. The quantitative estimate of drug-likeness (QED) is 0.491. The van der Waals surface area contributed by atoms with Gasteiger partial charge in [-0.2, -0.15) is 10.2 Å².